The van der Waals surface area contributed by atoms with Gasteiger partial charge in [-0.1, -0.05) is 12.1 Å². The summed E-state index contributed by atoms with van der Waals surface area (Å²) in [5.41, 5.74) is 0.0457. The minimum atomic E-state index is -1.29. The van der Waals surface area contributed by atoms with Gasteiger partial charge in [-0.3, -0.25) is 0 Å². The molecule has 0 aliphatic carbocycles. The second-order valence-corrected chi connectivity index (χ2v) is 3.62. The smallest absolute Gasteiger partial charge is 0.336 e. The highest BCUT2D eigenvalue weighted by atomic mass is 16.7. The van der Waals surface area contributed by atoms with Gasteiger partial charge in [-0.05, 0) is 17.7 Å². The fraction of sp³-hybridized carbons (Fsp3) is 0.231. The summed E-state index contributed by atoms with van der Waals surface area (Å²) in [6, 6.07) is 4.03. The summed E-state index contributed by atoms with van der Waals surface area (Å²) in [5.74, 6) is -2.57. The number of carboxylic acid groups (broad SMARTS) is 2. The zero-order chi connectivity index (χ0) is 14.3. The van der Waals surface area contributed by atoms with Gasteiger partial charge in [0, 0.05) is 0 Å². The van der Waals surface area contributed by atoms with Crippen molar-refractivity contribution in [3.63, 3.8) is 0 Å². The number of carboxylic acids is 2. The molecule has 19 heavy (non-hydrogen) atoms. The van der Waals surface area contributed by atoms with E-state index >= 15 is 0 Å². The van der Waals surface area contributed by atoms with Gasteiger partial charge in [0.05, 0.1) is 24.3 Å². The molecule has 1 aromatic carbocycles. The molecule has 0 heterocycles. The Bertz CT molecular complexity index is 480. The number of ether oxygens (including phenoxy) is 2. The molecule has 0 aliphatic heterocycles. The van der Waals surface area contributed by atoms with Gasteiger partial charge in [0.1, 0.15) is 6.79 Å². The molecule has 0 radical (unpaired) electrons. The van der Waals surface area contributed by atoms with E-state index in [9.17, 15) is 9.59 Å². The molecule has 1 rings (SSSR count). The Balaban J connectivity index is 2.70. The average Bonchev–Trinajstić information content (AvgIpc) is 2.38. The average molecular weight is 266 g/mol. The lowest BCUT2D eigenvalue weighted by molar-refractivity contribution is -0.0519. The molecule has 6 nitrogen and oxygen atoms in total. The number of hydrogen-bond acceptors (Lipinski definition) is 4. The van der Waals surface area contributed by atoms with E-state index in [1.165, 1.54) is 18.2 Å². The third-order valence-electron chi connectivity index (χ3n) is 2.22. The Labute approximate surface area is 109 Å². The first-order valence-corrected chi connectivity index (χ1v) is 5.42. The van der Waals surface area contributed by atoms with Gasteiger partial charge < -0.3 is 19.7 Å². The Morgan fingerprint density at radius 1 is 1.16 bits per heavy atom. The summed E-state index contributed by atoms with van der Waals surface area (Å²) in [6.07, 6.45) is 1.58. The van der Waals surface area contributed by atoms with Crippen LogP contribution in [0.3, 0.4) is 0 Å². The van der Waals surface area contributed by atoms with E-state index in [2.05, 4.69) is 6.58 Å². The summed E-state index contributed by atoms with van der Waals surface area (Å²) in [6.45, 7) is 4.02. The van der Waals surface area contributed by atoms with E-state index in [-0.39, 0.29) is 24.5 Å². The Morgan fingerprint density at radius 3 is 2.42 bits per heavy atom. The van der Waals surface area contributed by atoms with Crippen LogP contribution in [0.4, 0.5) is 0 Å². The van der Waals surface area contributed by atoms with Crippen LogP contribution < -0.4 is 0 Å². The highest BCUT2D eigenvalue weighted by molar-refractivity contribution is 6.01. The minimum Gasteiger partial charge on any atom is -0.478 e. The summed E-state index contributed by atoms with van der Waals surface area (Å²) < 4.78 is 10.1. The van der Waals surface area contributed by atoms with Crippen LogP contribution in [0, 0.1) is 0 Å². The summed E-state index contributed by atoms with van der Waals surface area (Å²) in [7, 11) is 0. The van der Waals surface area contributed by atoms with Crippen molar-refractivity contribution in [3.05, 3.63) is 47.5 Å². The van der Waals surface area contributed by atoms with Gasteiger partial charge in [0.25, 0.3) is 0 Å². The second kappa shape index (κ2) is 7.30. The van der Waals surface area contributed by atoms with Gasteiger partial charge in [0.15, 0.2) is 0 Å². The first kappa shape index (κ1) is 14.9. The quantitative estimate of drug-likeness (QED) is 0.423. The van der Waals surface area contributed by atoms with E-state index in [1.54, 1.807) is 6.08 Å². The van der Waals surface area contributed by atoms with Crippen LogP contribution in [0.5, 0.6) is 0 Å². The number of benzene rings is 1. The molecule has 0 saturated carbocycles. The normalized spacial score (nSPS) is 10.1. The molecule has 0 unspecified atom stereocenters. The van der Waals surface area contributed by atoms with Crippen molar-refractivity contribution >= 4 is 11.9 Å². The van der Waals surface area contributed by atoms with Gasteiger partial charge >= 0.3 is 11.9 Å². The fourth-order valence-electron chi connectivity index (χ4n) is 1.39. The van der Waals surface area contributed by atoms with Crippen LogP contribution in [-0.2, 0) is 16.1 Å². The molecule has 2 N–H and O–H groups in total. The van der Waals surface area contributed by atoms with Gasteiger partial charge in [-0.2, -0.15) is 0 Å². The second-order valence-electron chi connectivity index (χ2n) is 3.62. The molecule has 0 saturated heterocycles. The topological polar surface area (TPSA) is 93.1 Å². The van der Waals surface area contributed by atoms with Crippen LogP contribution in [0.2, 0.25) is 0 Å². The predicted molar refractivity (Wildman–Crippen MR) is 66.2 cm³/mol. The molecule has 102 valence electrons. The highest BCUT2D eigenvalue weighted by Crippen LogP contribution is 2.13. The van der Waals surface area contributed by atoms with E-state index in [1.807, 2.05) is 0 Å². The first-order chi connectivity index (χ1) is 9.06. The van der Waals surface area contributed by atoms with E-state index in [0.717, 1.165) is 0 Å². The van der Waals surface area contributed by atoms with Crippen LogP contribution in [-0.4, -0.2) is 35.6 Å². The monoisotopic (exact) mass is 266 g/mol. The summed E-state index contributed by atoms with van der Waals surface area (Å²) in [4.78, 5) is 21.8. The van der Waals surface area contributed by atoms with Gasteiger partial charge in [-0.25, -0.2) is 9.59 Å². The van der Waals surface area contributed by atoms with Crippen molar-refractivity contribution in [3.8, 4) is 0 Å². The fourth-order valence-corrected chi connectivity index (χ4v) is 1.39. The van der Waals surface area contributed by atoms with Crippen molar-refractivity contribution in [1.82, 2.24) is 0 Å². The van der Waals surface area contributed by atoms with Gasteiger partial charge in [0.2, 0.25) is 0 Å². The lowest BCUT2D eigenvalue weighted by Gasteiger charge is -2.07. The highest BCUT2D eigenvalue weighted by Gasteiger charge is 2.16. The molecule has 0 amide bonds. The molecule has 0 atom stereocenters. The molecule has 0 spiro atoms. The van der Waals surface area contributed by atoms with E-state index < -0.39 is 11.9 Å². The Morgan fingerprint density at radius 2 is 1.84 bits per heavy atom. The van der Waals surface area contributed by atoms with Crippen LogP contribution >= 0.6 is 0 Å². The maximum atomic E-state index is 11.0. The number of hydrogen-bond donors (Lipinski definition) is 2. The zero-order valence-electron chi connectivity index (χ0n) is 10.2. The van der Waals surface area contributed by atoms with Gasteiger partial charge in [-0.15, -0.1) is 6.58 Å². The third kappa shape index (κ3) is 4.53. The molecule has 6 heteroatoms. The molecule has 0 bridgehead atoms. The minimum absolute atomic E-state index is 0.0507. The first-order valence-electron chi connectivity index (χ1n) is 5.42. The Hall–Kier alpha value is -2.18. The van der Waals surface area contributed by atoms with Crippen molar-refractivity contribution in [2.24, 2.45) is 0 Å². The zero-order valence-corrected chi connectivity index (χ0v) is 10.2. The summed E-state index contributed by atoms with van der Waals surface area (Å²) in [5, 5.41) is 17.8. The lowest BCUT2D eigenvalue weighted by Crippen LogP contribution is -2.09. The maximum absolute atomic E-state index is 11.0. The predicted octanol–water partition coefficient (Wildman–Crippen LogP) is 1.76. The molecular weight excluding hydrogens is 252 g/mol. The largest absolute Gasteiger partial charge is 0.478 e. The SMILES string of the molecule is C=CCOCOCc1ccc(C(=O)O)c(C(=O)O)c1. The standard InChI is InChI=1S/C13H14O6/c1-2-5-18-8-19-7-9-3-4-10(12(14)15)11(6-9)13(16)17/h2-4,6H,1,5,7-8H2,(H,14,15)(H,16,17). The van der Waals surface area contributed by atoms with E-state index in [0.29, 0.717) is 12.2 Å². The molecule has 0 aliphatic rings. The van der Waals surface area contributed by atoms with Crippen molar-refractivity contribution in [1.29, 1.82) is 0 Å². The third-order valence-corrected chi connectivity index (χ3v) is 2.22. The molecule has 0 fully saturated rings. The number of rotatable bonds is 8. The van der Waals surface area contributed by atoms with Crippen molar-refractivity contribution in [2.75, 3.05) is 13.4 Å². The maximum Gasteiger partial charge on any atom is 0.336 e. The molecule has 1 aromatic rings. The van der Waals surface area contributed by atoms with Crippen LogP contribution in [0.25, 0.3) is 0 Å². The Kier molecular flexibility index (Phi) is 5.72. The summed E-state index contributed by atoms with van der Waals surface area (Å²) >= 11 is 0. The van der Waals surface area contributed by atoms with Crippen molar-refractivity contribution in [2.45, 2.75) is 6.61 Å². The molecular formula is C13H14O6. The number of carbonyl (C=O) groups is 2. The molecule has 0 aromatic heterocycles. The lowest BCUT2D eigenvalue weighted by atomic mass is 10.0. The number of aromatic carboxylic acids is 2. The van der Waals surface area contributed by atoms with E-state index in [4.69, 9.17) is 19.7 Å². The van der Waals surface area contributed by atoms with Crippen LogP contribution in [0.1, 0.15) is 26.3 Å². The van der Waals surface area contributed by atoms with Crippen molar-refractivity contribution < 1.29 is 29.3 Å². The van der Waals surface area contributed by atoms with Crippen LogP contribution in [0.15, 0.2) is 30.9 Å².